The molecule has 5 nitrogen and oxygen atoms in total. The molecule has 0 aromatic heterocycles. The highest BCUT2D eigenvalue weighted by atomic mass is 16.5. The van der Waals surface area contributed by atoms with Gasteiger partial charge in [-0.25, -0.2) is 0 Å². The van der Waals surface area contributed by atoms with Crippen LogP contribution >= 0.6 is 0 Å². The second kappa shape index (κ2) is 10.9. The van der Waals surface area contributed by atoms with Crippen LogP contribution in [-0.2, 0) is 13.0 Å². The minimum absolute atomic E-state index is 0.142. The molecular weight excluding hydrogens is 402 g/mol. The van der Waals surface area contributed by atoms with Crippen LogP contribution in [0.25, 0.3) is 0 Å². The van der Waals surface area contributed by atoms with E-state index >= 15 is 0 Å². The van der Waals surface area contributed by atoms with Crippen LogP contribution in [0.5, 0.6) is 23.0 Å². The first-order valence-corrected chi connectivity index (χ1v) is 11.2. The highest BCUT2D eigenvalue weighted by Crippen LogP contribution is 2.31. The molecule has 168 valence electrons. The second-order valence-corrected chi connectivity index (χ2v) is 8.12. The van der Waals surface area contributed by atoms with E-state index in [-0.39, 0.29) is 5.75 Å². The maximum Gasteiger partial charge on any atom is 0.160 e. The standard InChI is InChI=1S/C27H31NO4/c1-30-27-18-22(9-12-25(27)29)17-23-10-11-24(32-20-21-7-3-2-4-8-21)19-26(23)31-16-15-28-13-5-6-14-28/h2-4,7-12,18-19,29H,5-6,13-17,20H2,1H3. The van der Waals surface area contributed by atoms with Crippen LogP contribution in [0.15, 0.2) is 66.7 Å². The number of hydrogen-bond donors (Lipinski definition) is 1. The summed E-state index contributed by atoms with van der Waals surface area (Å²) in [5.41, 5.74) is 3.25. The molecule has 1 aliphatic heterocycles. The number of benzene rings is 3. The largest absolute Gasteiger partial charge is 0.504 e. The lowest BCUT2D eigenvalue weighted by Gasteiger charge is -2.18. The molecule has 3 aromatic carbocycles. The van der Waals surface area contributed by atoms with Crippen LogP contribution in [0, 0.1) is 0 Å². The molecule has 1 N–H and O–H groups in total. The Morgan fingerprint density at radius 2 is 1.66 bits per heavy atom. The second-order valence-electron chi connectivity index (χ2n) is 8.12. The summed E-state index contributed by atoms with van der Waals surface area (Å²) >= 11 is 0. The monoisotopic (exact) mass is 433 g/mol. The van der Waals surface area contributed by atoms with Crippen molar-refractivity contribution < 1.29 is 19.3 Å². The smallest absolute Gasteiger partial charge is 0.160 e. The van der Waals surface area contributed by atoms with Crippen molar-refractivity contribution in [1.82, 2.24) is 4.90 Å². The molecule has 0 aliphatic carbocycles. The minimum Gasteiger partial charge on any atom is -0.504 e. The van der Waals surface area contributed by atoms with Crippen molar-refractivity contribution in [1.29, 1.82) is 0 Å². The summed E-state index contributed by atoms with van der Waals surface area (Å²) in [5, 5.41) is 9.89. The molecule has 3 aromatic rings. The van der Waals surface area contributed by atoms with Gasteiger partial charge in [0.2, 0.25) is 0 Å². The van der Waals surface area contributed by atoms with Crippen molar-refractivity contribution >= 4 is 0 Å². The average Bonchev–Trinajstić information content (AvgIpc) is 3.34. The van der Waals surface area contributed by atoms with Gasteiger partial charge in [-0.1, -0.05) is 42.5 Å². The SMILES string of the molecule is COc1cc(Cc2ccc(OCc3ccccc3)cc2OCCN2CCCC2)ccc1O. The van der Waals surface area contributed by atoms with E-state index in [1.165, 1.54) is 12.8 Å². The summed E-state index contributed by atoms with van der Waals surface area (Å²) < 4.78 is 17.5. The third kappa shape index (κ3) is 5.95. The van der Waals surface area contributed by atoms with Gasteiger partial charge >= 0.3 is 0 Å². The topological polar surface area (TPSA) is 51.2 Å². The Hall–Kier alpha value is -3.18. The summed E-state index contributed by atoms with van der Waals surface area (Å²) in [5.74, 6) is 2.24. The van der Waals surface area contributed by atoms with Gasteiger partial charge in [-0.05, 0) is 60.8 Å². The van der Waals surface area contributed by atoms with Crippen molar-refractivity contribution in [2.45, 2.75) is 25.9 Å². The fraction of sp³-hybridized carbons (Fsp3) is 0.333. The van der Waals surface area contributed by atoms with Gasteiger partial charge in [-0.2, -0.15) is 0 Å². The third-order valence-corrected chi connectivity index (χ3v) is 5.79. The molecule has 1 fully saturated rings. The normalized spacial score (nSPS) is 13.8. The van der Waals surface area contributed by atoms with Crippen molar-refractivity contribution in [3.63, 3.8) is 0 Å². The van der Waals surface area contributed by atoms with Crippen molar-refractivity contribution in [2.24, 2.45) is 0 Å². The lowest BCUT2D eigenvalue weighted by Crippen LogP contribution is -2.25. The number of ether oxygens (including phenoxy) is 3. The minimum atomic E-state index is 0.142. The molecule has 1 saturated heterocycles. The highest BCUT2D eigenvalue weighted by molar-refractivity contribution is 5.47. The molecule has 5 heteroatoms. The van der Waals surface area contributed by atoms with Gasteiger partial charge in [-0.3, -0.25) is 4.90 Å². The molecular formula is C27H31NO4. The van der Waals surface area contributed by atoms with Gasteiger partial charge in [0.15, 0.2) is 11.5 Å². The number of aromatic hydroxyl groups is 1. The number of hydrogen-bond acceptors (Lipinski definition) is 5. The zero-order chi connectivity index (χ0) is 22.2. The molecule has 0 saturated carbocycles. The van der Waals surface area contributed by atoms with E-state index < -0.39 is 0 Å². The Kier molecular flexibility index (Phi) is 7.51. The van der Waals surface area contributed by atoms with Crippen molar-refractivity contribution in [3.8, 4) is 23.0 Å². The molecule has 0 unspecified atom stereocenters. The lowest BCUT2D eigenvalue weighted by molar-refractivity contribution is 0.235. The lowest BCUT2D eigenvalue weighted by atomic mass is 10.0. The summed E-state index contributed by atoms with van der Waals surface area (Å²) in [6, 6.07) is 21.6. The van der Waals surface area contributed by atoms with E-state index in [1.54, 1.807) is 13.2 Å². The van der Waals surface area contributed by atoms with E-state index in [1.807, 2.05) is 42.5 Å². The van der Waals surface area contributed by atoms with E-state index in [0.29, 0.717) is 25.4 Å². The van der Waals surface area contributed by atoms with Crippen LogP contribution in [0.1, 0.15) is 29.5 Å². The average molecular weight is 434 g/mol. The van der Waals surface area contributed by atoms with Crippen LogP contribution in [0.4, 0.5) is 0 Å². The number of phenolic OH excluding ortho intramolecular Hbond substituents is 1. The molecule has 4 rings (SSSR count). The van der Waals surface area contributed by atoms with Crippen LogP contribution < -0.4 is 14.2 Å². The maximum absolute atomic E-state index is 9.89. The molecule has 0 radical (unpaired) electrons. The quantitative estimate of drug-likeness (QED) is 0.485. The van der Waals surface area contributed by atoms with Gasteiger partial charge in [-0.15, -0.1) is 0 Å². The number of likely N-dealkylation sites (tertiary alicyclic amines) is 1. The molecule has 1 heterocycles. The van der Waals surface area contributed by atoms with Gasteiger partial charge < -0.3 is 19.3 Å². The Bertz CT molecular complexity index is 1000. The molecule has 0 spiro atoms. The van der Waals surface area contributed by atoms with E-state index in [4.69, 9.17) is 14.2 Å². The Morgan fingerprint density at radius 1 is 0.844 bits per heavy atom. The summed E-state index contributed by atoms with van der Waals surface area (Å²) in [7, 11) is 1.56. The zero-order valence-corrected chi connectivity index (χ0v) is 18.6. The molecule has 0 atom stereocenters. The first-order valence-electron chi connectivity index (χ1n) is 11.2. The van der Waals surface area contributed by atoms with E-state index in [9.17, 15) is 5.11 Å². The number of phenols is 1. The maximum atomic E-state index is 9.89. The summed E-state index contributed by atoms with van der Waals surface area (Å²) in [6.45, 7) is 4.41. The van der Waals surface area contributed by atoms with Crippen molar-refractivity contribution in [2.75, 3.05) is 33.4 Å². The Labute approximate surface area is 190 Å². The van der Waals surface area contributed by atoms with E-state index in [2.05, 4.69) is 23.1 Å². The van der Waals surface area contributed by atoms with Gasteiger partial charge in [0, 0.05) is 19.0 Å². The fourth-order valence-electron chi connectivity index (χ4n) is 3.99. The van der Waals surface area contributed by atoms with Crippen LogP contribution in [-0.4, -0.2) is 43.4 Å². The Morgan fingerprint density at radius 3 is 2.44 bits per heavy atom. The fourth-order valence-corrected chi connectivity index (χ4v) is 3.99. The number of rotatable bonds is 10. The van der Waals surface area contributed by atoms with Gasteiger partial charge in [0.25, 0.3) is 0 Å². The molecule has 32 heavy (non-hydrogen) atoms. The highest BCUT2D eigenvalue weighted by Gasteiger charge is 2.13. The van der Waals surface area contributed by atoms with Crippen LogP contribution in [0.3, 0.4) is 0 Å². The van der Waals surface area contributed by atoms with E-state index in [0.717, 1.165) is 47.8 Å². The number of nitrogens with zero attached hydrogens (tertiary/aromatic N) is 1. The van der Waals surface area contributed by atoms with Gasteiger partial charge in [0.1, 0.15) is 24.7 Å². The molecule has 1 aliphatic rings. The first kappa shape index (κ1) is 22.0. The summed E-state index contributed by atoms with van der Waals surface area (Å²) in [6.07, 6.45) is 3.22. The Balaban J connectivity index is 1.49. The molecule has 0 bridgehead atoms. The number of methoxy groups -OCH3 is 1. The summed E-state index contributed by atoms with van der Waals surface area (Å²) in [4.78, 5) is 2.44. The third-order valence-electron chi connectivity index (χ3n) is 5.79. The zero-order valence-electron chi connectivity index (χ0n) is 18.6. The molecule has 0 amide bonds. The predicted molar refractivity (Wildman–Crippen MR) is 126 cm³/mol. The van der Waals surface area contributed by atoms with Gasteiger partial charge in [0.05, 0.1) is 7.11 Å². The predicted octanol–water partition coefficient (Wildman–Crippen LogP) is 5.05. The van der Waals surface area contributed by atoms with Crippen molar-refractivity contribution in [3.05, 3.63) is 83.4 Å². The van der Waals surface area contributed by atoms with Crippen LogP contribution in [0.2, 0.25) is 0 Å². The first-order chi connectivity index (χ1) is 15.7.